The van der Waals surface area contributed by atoms with Gasteiger partial charge in [-0.1, -0.05) is 6.58 Å². The second-order valence-electron chi connectivity index (χ2n) is 2.38. The largest absolute Gasteiger partial charge is 0.481 e. The van der Waals surface area contributed by atoms with Crippen molar-refractivity contribution in [1.82, 2.24) is 0 Å². The second-order valence-corrected chi connectivity index (χ2v) is 2.38. The number of aliphatic hydroxyl groups excluding tert-OH is 1. The molecule has 0 atom stereocenters. The molecule has 7 heteroatoms. The fraction of sp³-hybridized carbons (Fsp3) is 0.444. The SMILES string of the molecule is C=CC(=O)O.O=C(O)CCC(=O)OCCO. The van der Waals surface area contributed by atoms with E-state index >= 15 is 0 Å². The van der Waals surface area contributed by atoms with Gasteiger partial charge in [-0.3, -0.25) is 9.59 Å². The molecule has 0 aliphatic rings. The van der Waals surface area contributed by atoms with Gasteiger partial charge >= 0.3 is 17.9 Å². The summed E-state index contributed by atoms with van der Waals surface area (Å²) in [7, 11) is 0. The number of carbonyl (C=O) groups is 3. The maximum Gasteiger partial charge on any atom is 0.327 e. The van der Waals surface area contributed by atoms with Crippen molar-refractivity contribution in [3.8, 4) is 0 Å². The van der Waals surface area contributed by atoms with Gasteiger partial charge in [-0.15, -0.1) is 0 Å². The molecule has 0 radical (unpaired) electrons. The van der Waals surface area contributed by atoms with E-state index in [1.165, 1.54) is 0 Å². The molecule has 0 heterocycles. The Morgan fingerprint density at radius 3 is 2.00 bits per heavy atom. The number of carbonyl (C=O) groups excluding carboxylic acids is 1. The summed E-state index contributed by atoms with van der Waals surface area (Å²) >= 11 is 0. The molecule has 16 heavy (non-hydrogen) atoms. The lowest BCUT2D eigenvalue weighted by atomic mass is 10.3. The van der Waals surface area contributed by atoms with Crippen LogP contribution in [-0.4, -0.2) is 46.4 Å². The third-order valence-corrected chi connectivity index (χ3v) is 1.07. The Hall–Kier alpha value is -1.89. The lowest BCUT2D eigenvalue weighted by molar-refractivity contribution is -0.148. The van der Waals surface area contributed by atoms with Gasteiger partial charge in [0, 0.05) is 6.08 Å². The maximum atomic E-state index is 10.5. The summed E-state index contributed by atoms with van der Waals surface area (Å²) in [5.74, 6) is -2.61. The number of carboxylic acid groups (broad SMARTS) is 2. The first-order valence-electron chi connectivity index (χ1n) is 4.27. The Morgan fingerprint density at radius 2 is 1.69 bits per heavy atom. The standard InChI is InChI=1S/C6H10O5.C3H4O2/c7-3-4-11-6(10)2-1-5(8)9;1-2-3(4)5/h7H,1-4H2,(H,8,9);2H,1H2,(H,4,5). The Labute approximate surface area is 92.0 Å². The first-order chi connectivity index (χ1) is 7.43. The molecule has 0 spiro atoms. The van der Waals surface area contributed by atoms with Gasteiger partial charge in [0.25, 0.3) is 0 Å². The lowest BCUT2D eigenvalue weighted by Crippen LogP contribution is -2.10. The van der Waals surface area contributed by atoms with Crippen molar-refractivity contribution < 1.29 is 34.4 Å². The molecule has 0 aliphatic carbocycles. The van der Waals surface area contributed by atoms with Crippen LogP contribution in [0.2, 0.25) is 0 Å². The minimum Gasteiger partial charge on any atom is -0.481 e. The molecule has 3 N–H and O–H groups in total. The zero-order valence-corrected chi connectivity index (χ0v) is 8.59. The Balaban J connectivity index is 0. The third-order valence-electron chi connectivity index (χ3n) is 1.07. The number of ether oxygens (including phenoxy) is 1. The van der Waals surface area contributed by atoms with Crippen molar-refractivity contribution in [2.24, 2.45) is 0 Å². The summed E-state index contributed by atoms with van der Waals surface area (Å²) < 4.78 is 4.39. The first kappa shape index (κ1) is 16.5. The quantitative estimate of drug-likeness (QED) is 0.424. The van der Waals surface area contributed by atoms with E-state index in [9.17, 15) is 14.4 Å². The lowest BCUT2D eigenvalue weighted by Gasteiger charge is -1.99. The van der Waals surface area contributed by atoms with E-state index < -0.39 is 17.9 Å². The van der Waals surface area contributed by atoms with Gasteiger partial charge in [-0.25, -0.2) is 4.79 Å². The fourth-order valence-electron chi connectivity index (χ4n) is 0.441. The molecule has 0 amide bonds. The third kappa shape index (κ3) is 18.0. The summed E-state index contributed by atoms with van der Waals surface area (Å²) in [6, 6.07) is 0. The molecular formula is C9H14O7. The maximum absolute atomic E-state index is 10.5. The van der Waals surface area contributed by atoms with Crippen LogP contribution in [0.1, 0.15) is 12.8 Å². The van der Waals surface area contributed by atoms with Gasteiger partial charge in [-0.2, -0.15) is 0 Å². The van der Waals surface area contributed by atoms with Gasteiger partial charge in [0.05, 0.1) is 19.4 Å². The molecule has 0 rings (SSSR count). The van der Waals surface area contributed by atoms with Crippen LogP contribution in [0.25, 0.3) is 0 Å². The van der Waals surface area contributed by atoms with E-state index in [0.717, 1.165) is 6.08 Å². The van der Waals surface area contributed by atoms with Crippen molar-refractivity contribution >= 4 is 17.9 Å². The molecular weight excluding hydrogens is 220 g/mol. The predicted octanol–water partition coefficient (Wildman–Crippen LogP) is -0.356. The molecule has 0 aromatic heterocycles. The minimum absolute atomic E-state index is 0.0710. The molecule has 0 fully saturated rings. The zero-order valence-electron chi connectivity index (χ0n) is 8.59. The van der Waals surface area contributed by atoms with Crippen LogP contribution < -0.4 is 0 Å². The number of aliphatic hydroxyl groups is 1. The molecule has 0 saturated heterocycles. The fourth-order valence-corrected chi connectivity index (χ4v) is 0.441. The molecule has 0 aromatic carbocycles. The van der Waals surface area contributed by atoms with Crippen LogP contribution in [-0.2, 0) is 19.1 Å². The number of carboxylic acids is 2. The highest BCUT2D eigenvalue weighted by Gasteiger charge is 2.05. The monoisotopic (exact) mass is 234 g/mol. The number of hydrogen-bond acceptors (Lipinski definition) is 5. The van der Waals surface area contributed by atoms with Crippen LogP contribution in [0, 0.1) is 0 Å². The molecule has 92 valence electrons. The van der Waals surface area contributed by atoms with Crippen LogP contribution in [0.4, 0.5) is 0 Å². The van der Waals surface area contributed by atoms with Crippen LogP contribution in [0.3, 0.4) is 0 Å². The van der Waals surface area contributed by atoms with E-state index in [-0.39, 0.29) is 26.1 Å². The van der Waals surface area contributed by atoms with Crippen molar-refractivity contribution in [2.45, 2.75) is 12.8 Å². The second kappa shape index (κ2) is 11.2. The minimum atomic E-state index is -1.04. The van der Waals surface area contributed by atoms with Crippen molar-refractivity contribution in [1.29, 1.82) is 0 Å². The van der Waals surface area contributed by atoms with Gasteiger partial charge < -0.3 is 20.1 Å². The van der Waals surface area contributed by atoms with Gasteiger partial charge in [0.1, 0.15) is 6.61 Å². The summed E-state index contributed by atoms with van der Waals surface area (Å²) in [5, 5.41) is 23.9. The number of esters is 1. The van der Waals surface area contributed by atoms with E-state index in [4.69, 9.17) is 15.3 Å². The molecule has 0 aromatic rings. The van der Waals surface area contributed by atoms with E-state index in [2.05, 4.69) is 11.3 Å². The summed E-state index contributed by atoms with van der Waals surface area (Å²) in [6.45, 7) is 2.65. The Bertz CT molecular complexity index is 246. The summed E-state index contributed by atoms with van der Waals surface area (Å²) in [6.07, 6.45) is 0.458. The molecule has 0 bridgehead atoms. The predicted molar refractivity (Wildman–Crippen MR) is 52.7 cm³/mol. The highest BCUT2D eigenvalue weighted by Crippen LogP contribution is 1.91. The normalized spacial score (nSPS) is 8.31. The first-order valence-corrected chi connectivity index (χ1v) is 4.27. The molecule has 0 saturated carbocycles. The van der Waals surface area contributed by atoms with Crippen LogP contribution in [0.5, 0.6) is 0 Å². The van der Waals surface area contributed by atoms with Crippen LogP contribution in [0.15, 0.2) is 12.7 Å². The average Bonchev–Trinajstić information content (AvgIpc) is 2.24. The zero-order chi connectivity index (χ0) is 13.0. The van der Waals surface area contributed by atoms with Crippen molar-refractivity contribution in [3.05, 3.63) is 12.7 Å². The van der Waals surface area contributed by atoms with Gasteiger partial charge in [-0.05, 0) is 0 Å². The highest BCUT2D eigenvalue weighted by molar-refractivity contribution is 5.78. The molecule has 7 nitrogen and oxygen atoms in total. The summed E-state index contributed by atoms with van der Waals surface area (Å²) in [4.78, 5) is 29.7. The van der Waals surface area contributed by atoms with Crippen molar-refractivity contribution in [2.75, 3.05) is 13.2 Å². The van der Waals surface area contributed by atoms with Crippen molar-refractivity contribution in [3.63, 3.8) is 0 Å². The Kier molecular flexibility index (Phi) is 11.6. The molecule has 0 aliphatic heterocycles. The number of hydrogen-bond donors (Lipinski definition) is 3. The number of rotatable bonds is 6. The van der Waals surface area contributed by atoms with E-state index in [1.807, 2.05) is 0 Å². The van der Waals surface area contributed by atoms with Gasteiger partial charge in [0.15, 0.2) is 0 Å². The van der Waals surface area contributed by atoms with Crippen LogP contribution >= 0.6 is 0 Å². The smallest absolute Gasteiger partial charge is 0.327 e. The highest BCUT2D eigenvalue weighted by atomic mass is 16.5. The van der Waals surface area contributed by atoms with E-state index in [1.54, 1.807) is 0 Å². The average molecular weight is 234 g/mol. The number of aliphatic carboxylic acids is 2. The van der Waals surface area contributed by atoms with E-state index in [0.29, 0.717) is 0 Å². The summed E-state index contributed by atoms with van der Waals surface area (Å²) in [5.41, 5.74) is 0. The molecule has 0 unspecified atom stereocenters. The topological polar surface area (TPSA) is 121 Å². The van der Waals surface area contributed by atoms with Gasteiger partial charge in [0.2, 0.25) is 0 Å². The Morgan fingerprint density at radius 1 is 1.19 bits per heavy atom.